The van der Waals surface area contributed by atoms with Gasteiger partial charge in [0.15, 0.2) is 0 Å². The zero-order chi connectivity index (χ0) is 25.5. The predicted molar refractivity (Wildman–Crippen MR) is 144 cm³/mol. The number of hydrogen-bond acceptors (Lipinski definition) is 2. The topological polar surface area (TPSA) is 49.4 Å². The van der Waals surface area contributed by atoms with Gasteiger partial charge in [-0.15, -0.1) is 0 Å². The van der Waals surface area contributed by atoms with Crippen molar-refractivity contribution >= 4 is 58.2 Å². The smallest absolute Gasteiger partial charge is 0.243 e. The van der Waals surface area contributed by atoms with Crippen molar-refractivity contribution in [2.45, 2.75) is 45.3 Å². The first-order valence-corrected chi connectivity index (χ1v) is 12.7. The first-order chi connectivity index (χ1) is 16.7. The van der Waals surface area contributed by atoms with Gasteiger partial charge in [-0.05, 0) is 49.2 Å². The lowest BCUT2D eigenvalue weighted by Gasteiger charge is -2.32. The Bertz CT molecular complexity index is 1160. The third-order valence-corrected chi connectivity index (χ3v) is 6.74. The second-order valence-corrected chi connectivity index (χ2v) is 10.2. The van der Waals surface area contributed by atoms with Crippen molar-refractivity contribution in [1.29, 1.82) is 0 Å². The van der Waals surface area contributed by atoms with Gasteiger partial charge in [0.05, 0.1) is 6.42 Å². The van der Waals surface area contributed by atoms with Crippen molar-refractivity contribution < 1.29 is 9.59 Å². The lowest BCUT2D eigenvalue weighted by Crippen LogP contribution is -2.52. The normalized spacial score (nSPS) is 11.9. The zero-order valence-electron chi connectivity index (χ0n) is 19.4. The third kappa shape index (κ3) is 7.62. The third-order valence-electron chi connectivity index (χ3n) is 5.45. The molecule has 0 fully saturated rings. The molecule has 184 valence electrons. The molecule has 1 N–H and O–H groups in total. The number of carbonyl (C=O) groups is 2. The number of hydrogen-bond donors (Lipinski definition) is 1. The molecule has 3 aromatic carbocycles. The Morgan fingerprint density at radius 2 is 1.51 bits per heavy atom. The quantitative estimate of drug-likeness (QED) is 0.311. The molecule has 0 bridgehead atoms. The van der Waals surface area contributed by atoms with Crippen molar-refractivity contribution in [2.24, 2.45) is 0 Å². The Balaban J connectivity index is 2.04. The van der Waals surface area contributed by atoms with Gasteiger partial charge in [0.25, 0.3) is 0 Å². The summed E-state index contributed by atoms with van der Waals surface area (Å²) in [5.74, 6) is -0.548. The summed E-state index contributed by atoms with van der Waals surface area (Å²) < 4.78 is 0. The second kappa shape index (κ2) is 12.6. The van der Waals surface area contributed by atoms with Crippen molar-refractivity contribution in [1.82, 2.24) is 10.2 Å². The van der Waals surface area contributed by atoms with Crippen LogP contribution in [0.25, 0.3) is 0 Å². The van der Waals surface area contributed by atoms with Crippen LogP contribution in [-0.4, -0.2) is 28.8 Å². The summed E-state index contributed by atoms with van der Waals surface area (Å²) in [6, 6.07) is 18.8. The zero-order valence-corrected chi connectivity index (χ0v) is 22.4. The van der Waals surface area contributed by atoms with Crippen molar-refractivity contribution in [3.05, 3.63) is 104 Å². The Hall–Kier alpha value is -2.24. The number of benzene rings is 3. The maximum Gasteiger partial charge on any atom is 0.243 e. The van der Waals surface area contributed by atoms with Crippen LogP contribution in [0.5, 0.6) is 0 Å². The fourth-order valence-electron chi connectivity index (χ4n) is 3.72. The second-order valence-electron chi connectivity index (χ2n) is 8.50. The van der Waals surface area contributed by atoms with E-state index >= 15 is 0 Å². The molecule has 0 aliphatic carbocycles. The largest absolute Gasteiger partial charge is 0.352 e. The summed E-state index contributed by atoms with van der Waals surface area (Å²) in [4.78, 5) is 28.7. The lowest BCUT2D eigenvalue weighted by molar-refractivity contribution is -0.141. The van der Waals surface area contributed by atoms with Crippen molar-refractivity contribution in [3.8, 4) is 0 Å². The highest BCUT2D eigenvalue weighted by Gasteiger charge is 2.32. The Morgan fingerprint density at radius 1 is 0.857 bits per heavy atom. The molecule has 8 heteroatoms. The molecule has 0 unspecified atom stereocenters. The van der Waals surface area contributed by atoms with E-state index in [1.807, 2.05) is 44.2 Å². The summed E-state index contributed by atoms with van der Waals surface area (Å²) in [6.07, 6.45) is 0.305. The molecule has 3 rings (SSSR count). The molecule has 0 aromatic heterocycles. The number of nitrogens with zero attached hydrogens (tertiary/aromatic N) is 1. The molecule has 0 spiro atoms. The van der Waals surface area contributed by atoms with E-state index in [0.29, 0.717) is 37.6 Å². The standard InChI is InChI=1S/C27H26Cl4N2O2/c1-17(2)32-27(35)25(13-18-7-4-3-5-8-18)33(16-21-22(29)9-6-10-23(21)30)26(34)14-19-11-12-20(28)15-24(19)31/h3-12,15,17,25H,13-14,16H2,1-2H3,(H,32,35)/t25-/m1/s1. The molecule has 35 heavy (non-hydrogen) atoms. The van der Waals surface area contributed by atoms with Gasteiger partial charge in [0.1, 0.15) is 6.04 Å². The SMILES string of the molecule is CC(C)NC(=O)[C@@H](Cc1ccccc1)N(Cc1c(Cl)cccc1Cl)C(=O)Cc1ccc(Cl)cc1Cl. The molecular weight excluding hydrogens is 526 g/mol. The summed E-state index contributed by atoms with van der Waals surface area (Å²) in [7, 11) is 0. The summed E-state index contributed by atoms with van der Waals surface area (Å²) in [6.45, 7) is 3.82. The monoisotopic (exact) mass is 550 g/mol. The molecule has 2 amide bonds. The van der Waals surface area contributed by atoms with Crippen LogP contribution >= 0.6 is 46.4 Å². The maximum atomic E-state index is 13.8. The van der Waals surface area contributed by atoms with E-state index in [1.165, 1.54) is 4.90 Å². The van der Waals surface area contributed by atoms with E-state index in [2.05, 4.69) is 5.32 Å². The van der Waals surface area contributed by atoms with Crippen LogP contribution in [0.4, 0.5) is 0 Å². The van der Waals surface area contributed by atoms with Gasteiger partial charge in [-0.1, -0.05) is 88.9 Å². The molecule has 3 aromatic rings. The molecular formula is C27H26Cl4N2O2. The van der Waals surface area contributed by atoms with Gasteiger partial charge in [-0.25, -0.2) is 0 Å². The summed E-state index contributed by atoms with van der Waals surface area (Å²) in [5, 5.41) is 4.65. The number of nitrogens with one attached hydrogen (secondary N) is 1. The molecule has 1 atom stereocenters. The lowest BCUT2D eigenvalue weighted by atomic mass is 10.0. The molecule has 4 nitrogen and oxygen atoms in total. The van der Waals surface area contributed by atoms with Gasteiger partial charge >= 0.3 is 0 Å². The Morgan fingerprint density at radius 3 is 2.11 bits per heavy atom. The first kappa shape index (κ1) is 27.3. The molecule has 0 radical (unpaired) electrons. The number of amides is 2. The molecule has 0 aliphatic heterocycles. The van der Waals surface area contributed by atoms with E-state index in [4.69, 9.17) is 46.4 Å². The molecule has 0 saturated carbocycles. The highest BCUT2D eigenvalue weighted by atomic mass is 35.5. The van der Waals surface area contributed by atoms with Crippen molar-refractivity contribution in [2.75, 3.05) is 0 Å². The van der Waals surface area contributed by atoms with Crippen LogP contribution < -0.4 is 5.32 Å². The molecule has 0 aliphatic rings. The Kier molecular flexibility index (Phi) is 9.88. The Labute approximate surface area is 226 Å². The van der Waals surface area contributed by atoms with Gasteiger partial charge in [-0.2, -0.15) is 0 Å². The van der Waals surface area contributed by atoms with Crippen LogP contribution in [0.1, 0.15) is 30.5 Å². The first-order valence-electron chi connectivity index (χ1n) is 11.2. The minimum atomic E-state index is -0.800. The minimum absolute atomic E-state index is 0.0156. The van der Waals surface area contributed by atoms with Crippen LogP contribution in [0.3, 0.4) is 0 Å². The highest BCUT2D eigenvalue weighted by molar-refractivity contribution is 6.36. The van der Waals surface area contributed by atoms with Crippen LogP contribution in [0.2, 0.25) is 20.1 Å². The summed E-state index contributed by atoms with van der Waals surface area (Å²) in [5.41, 5.74) is 2.10. The van der Waals surface area contributed by atoms with Gasteiger partial charge < -0.3 is 10.2 Å². The average molecular weight is 552 g/mol. The van der Waals surface area contributed by atoms with E-state index in [1.54, 1.807) is 36.4 Å². The van der Waals surface area contributed by atoms with E-state index in [-0.39, 0.29) is 30.8 Å². The predicted octanol–water partition coefficient (Wildman–Crippen LogP) is 7.01. The van der Waals surface area contributed by atoms with Crippen molar-refractivity contribution in [3.63, 3.8) is 0 Å². The van der Waals surface area contributed by atoms with E-state index in [9.17, 15) is 9.59 Å². The fourth-order valence-corrected chi connectivity index (χ4v) is 4.71. The number of halogens is 4. The van der Waals surface area contributed by atoms with Crippen LogP contribution in [-0.2, 0) is 29.0 Å². The molecule has 0 heterocycles. The molecule has 0 saturated heterocycles. The van der Waals surface area contributed by atoms with Gasteiger partial charge in [-0.3, -0.25) is 9.59 Å². The summed E-state index contributed by atoms with van der Waals surface area (Å²) >= 11 is 25.3. The highest BCUT2D eigenvalue weighted by Crippen LogP contribution is 2.28. The van der Waals surface area contributed by atoms with Gasteiger partial charge in [0, 0.05) is 44.7 Å². The average Bonchev–Trinajstić information content (AvgIpc) is 2.80. The van der Waals surface area contributed by atoms with Crippen LogP contribution in [0.15, 0.2) is 66.7 Å². The van der Waals surface area contributed by atoms with Crippen LogP contribution in [0, 0.1) is 0 Å². The minimum Gasteiger partial charge on any atom is -0.352 e. The number of carbonyl (C=O) groups excluding carboxylic acids is 2. The number of rotatable bonds is 9. The van der Waals surface area contributed by atoms with E-state index in [0.717, 1.165) is 5.56 Å². The van der Waals surface area contributed by atoms with Gasteiger partial charge in [0.2, 0.25) is 11.8 Å². The fraction of sp³-hybridized carbons (Fsp3) is 0.259. The maximum absolute atomic E-state index is 13.8. The van der Waals surface area contributed by atoms with E-state index < -0.39 is 6.04 Å².